The Labute approximate surface area is 72.4 Å². The lowest BCUT2D eigenvalue weighted by Gasteiger charge is -2.21. The molecule has 0 aliphatic carbocycles. The molecule has 0 bridgehead atoms. The highest BCUT2D eigenvalue weighted by Crippen LogP contribution is 2.12. The van der Waals surface area contributed by atoms with Crippen molar-refractivity contribution in [3.05, 3.63) is 0 Å². The lowest BCUT2D eigenvalue weighted by molar-refractivity contribution is -0.125. The predicted octanol–water partition coefficient (Wildman–Crippen LogP) is 0.803. The van der Waals surface area contributed by atoms with Crippen molar-refractivity contribution in [2.45, 2.75) is 11.8 Å². The number of urea groups is 1. The first-order valence-corrected chi connectivity index (χ1v) is 3.96. The SMILES string of the molecule is CC1=NC(=O)N(C)C(=O)C1Br. The lowest BCUT2D eigenvalue weighted by atomic mass is 10.2. The van der Waals surface area contributed by atoms with E-state index < -0.39 is 10.9 Å². The molecule has 0 N–H and O–H groups in total. The van der Waals surface area contributed by atoms with Crippen molar-refractivity contribution in [2.75, 3.05) is 7.05 Å². The number of amides is 3. The average Bonchev–Trinajstić information content (AvgIpc) is 1.97. The molecule has 0 aromatic carbocycles. The second-order valence-electron chi connectivity index (χ2n) is 2.30. The molecule has 1 heterocycles. The molecule has 11 heavy (non-hydrogen) atoms. The van der Waals surface area contributed by atoms with Crippen LogP contribution in [-0.2, 0) is 4.79 Å². The Balaban J connectivity index is 3.01. The van der Waals surface area contributed by atoms with Crippen LogP contribution in [-0.4, -0.2) is 34.4 Å². The third-order valence-electron chi connectivity index (χ3n) is 1.47. The molecule has 0 saturated heterocycles. The maximum atomic E-state index is 11.1. The van der Waals surface area contributed by atoms with Crippen LogP contribution in [0.3, 0.4) is 0 Å². The molecule has 0 aromatic rings. The highest BCUT2D eigenvalue weighted by Gasteiger charge is 2.30. The standard InChI is InChI=1S/C6H7BrN2O2/c1-3-4(7)5(10)9(2)6(11)8-3/h4H,1-2H3. The summed E-state index contributed by atoms with van der Waals surface area (Å²) in [4.78, 5) is 26.2. The van der Waals surface area contributed by atoms with E-state index in [0.29, 0.717) is 5.71 Å². The fraction of sp³-hybridized carbons (Fsp3) is 0.500. The summed E-state index contributed by atoms with van der Waals surface area (Å²) in [5, 5.41) is 0. The van der Waals surface area contributed by atoms with Gasteiger partial charge in [0.05, 0.1) is 0 Å². The van der Waals surface area contributed by atoms with Gasteiger partial charge in [0.25, 0.3) is 0 Å². The van der Waals surface area contributed by atoms with Crippen molar-refractivity contribution in [1.29, 1.82) is 0 Å². The summed E-state index contributed by atoms with van der Waals surface area (Å²) in [6, 6.07) is -0.497. The highest BCUT2D eigenvalue weighted by molar-refractivity contribution is 9.10. The Morgan fingerprint density at radius 2 is 2.09 bits per heavy atom. The molecule has 4 nitrogen and oxygen atoms in total. The van der Waals surface area contributed by atoms with Crippen LogP contribution in [0.4, 0.5) is 4.79 Å². The number of aliphatic imine (C=N–C) groups is 1. The van der Waals surface area contributed by atoms with Crippen LogP contribution in [0.1, 0.15) is 6.92 Å². The second-order valence-corrected chi connectivity index (χ2v) is 3.21. The Hall–Kier alpha value is -0.710. The zero-order chi connectivity index (χ0) is 8.59. The summed E-state index contributed by atoms with van der Waals surface area (Å²) in [7, 11) is 1.41. The van der Waals surface area contributed by atoms with E-state index in [0.717, 1.165) is 4.90 Å². The third kappa shape index (κ3) is 1.33. The average molecular weight is 219 g/mol. The van der Waals surface area contributed by atoms with Crippen LogP contribution >= 0.6 is 15.9 Å². The minimum atomic E-state index is -0.497. The van der Waals surface area contributed by atoms with Gasteiger partial charge >= 0.3 is 6.03 Å². The zero-order valence-corrected chi connectivity index (χ0v) is 7.75. The highest BCUT2D eigenvalue weighted by atomic mass is 79.9. The number of nitrogens with zero attached hydrogens (tertiary/aromatic N) is 2. The van der Waals surface area contributed by atoms with Crippen molar-refractivity contribution < 1.29 is 9.59 Å². The summed E-state index contributed by atoms with van der Waals surface area (Å²) in [5.74, 6) is -0.262. The maximum absolute atomic E-state index is 11.1. The summed E-state index contributed by atoms with van der Waals surface area (Å²) >= 11 is 3.11. The molecular formula is C6H7BrN2O2. The summed E-state index contributed by atoms with van der Waals surface area (Å²) in [5.41, 5.74) is 0.512. The van der Waals surface area contributed by atoms with Gasteiger partial charge in [-0.05, 0) is 6.92 Å². The molecule has 1 unspecified atom stereocenters. The van der Waals surface area contributed by atoms with Crippen molar-refractivity contribution in [1.82, 2.24) is 4.90 Å². The van der Waals surface area contributed by atoms with E-state index in [1.54, 1.807) is 6.92 Å². The van der Waals surface area contributed by atoms with E-state index in [1.165, 1.54) is 7.05 Å². The van der Waals surface area contributed by atoms with Gasteiger partial charge in [-0.3, -0.25) is 9.69 Å². The molecule has 5 heteroatoms. The quantitative estimate of drug-likeness (QED) is 0.566. The fourth-order valence-electron chi connectivity index (χ4n) is 0.726. The van der Waals surface area contributed by atoms with E-state index in [2.05, 4.69) is 20.9 Å². The Morgan fingerprint density at radius 3 is 2.64 bits per heavy atom. The van der Waals surface area contributed by atoms with Crippen molar-refractivity contribution >= 4 is 33.6 Å². The van der Waals surface area contributed by atoms with Crippen LogP contribution in [0, 0.1) is 0 Å². The first-order valence-electron chi connectivity index (χ1n) is 3.05. The number of alkyl halides is 1. The zero-order valence-electron chi connectivity index (χ0n) is 6.17. The second kappa shape index (κ2) is 2.73. The minimum Gasteiger partial charge on any atom is -0.273 e. The summed E-state index contributed by atoms with van der Waals surface area (Å²) in [6.45, 7) is 1.64. The van der Waals surface area contributed by atoms with Crippen molar-refractivity contribution in [3.8, 4) is 0 Å². The van der Waals surface area contributed by atoms with Gasteiger partial charge in [-0.25, -0.2) is 9.79 Å². The van der Waals surface area contributed by atoms with Gasteiger partial charge in [0.1, 0.15) is 4.83 Å². The molecule has 0 spiro atoms. The van der Waals surface area contributed by atoms with Crippen LogP contribution in [0.2, 0.25) is 0 Å². The maximum Gasteiger partial charge on any atom is 0.349 e. The van der Waals surface area contributed by atoms with Gasteiger partial charge in [0.15, 0.2) is 0 Å². The summed E-state index contributed by atoms with van der Waals surface area (Å²) < 4.78 is 0. The van der Waals surface area contributed by atoms with Crippen molar-refractivity contribution in [3.63, 3.8) is 0 Å². The predicted molar refractivity (Wildman–Crippen MR) is 44.0 cm³/mol. The number of carbonyl (C=O) groups is 2. The molecule has 0 fully saturated rings. The molecule has 0 radical (unpaired) electrons. The van der Waals surface area contributed by atoms with Gasteiger partial charge in [-0.1, -0.05) is 15.9 Å². The Morgan fingerprint density at radius 1 is 1.55 bits per heavy atom. The van der Waals surface area contributed by atoms with Gasteiger partial charge in [0.2, 0.25) is 5.91 Å². The molecule has 1 aliphatic rings. The molecule has 60 valence electrons. The smallest absolute Gasteiger partial charge is 0.273 e. The van der Waals surface area contributed by atoms with E-state index >= 15 is 0 Å². The topological polar surface area (TPSA) is 49.7 Å². The van der Waals surface area contributed by atoms with E-state index in [9.17, 15) is 9.59 Å². The van der Waals surface area contributed by atoms with Gasteiger partial charge in [0, 0.05) is 12.8 Å². The first kappa shape index (κ1) is 8.39. The molecule has 3 amide bonds. The van der Waals surface area contributed by atoms with E-state index in [1.807, 2.05) is 0 Å². The number of carbonyl (C=O) groups excluding carboxylic acids is 2. The van der Waals surface area contributed by atoms with E-state index in [-0.39, 0.29) is 5.91 Å². The van der Waals surface area contributed by atoms with Gasteiger partial charge in [-0.2, -0.15) is 0 Å². The minimum absolute atomic E-state index is 0.262. The Kier molecular flexibility index (Phi) is 2.08. The molecule has 1 atom stereocenters. The largest absolute Gasteiger partial charge is 0.349 e. The molecule has 0 saturated carbocycles. The van der Waals surface area contributed by atoms with E-state index in [4.69, 9.17) is 0 Å². The molecular weight excluding hydrogens is 212 g/mol. The number of rotatable bonds is 0. The van der Waals surface area contributed by atoms with Crippen molar-refractivity contribution in [2.24, 2.45) is 4.99 Å². The molecule has 1 rings (SSSR count). The number of hydrogen-bond acceptors (Lipinski definition) is 2. The normalized spacial score (nSPS) is 25.5. The fourth-order valence-corrected chi connectivity index (χ4v) is 1.14. The van der Waals surface area contributed by atoms with Gasteiger partial charge in [-0.15, -0.1) is 0 Å². The van der Waals surface area contributed by atoms with Crippen LogP contribution in [0.25, 0.3) is 0 Å². The monoisotopic (exact) mass is 218 g/mol. The Bertz CT molecular complexity index is 249. The van der Waals surface area contributed by atoms with Crippen LogP contribution < -0.4 is 0 Å². The van der Waals surface area contributed by atoms with Crippen LogP contribution in [0.15, 0.2) is 4.99 Å². The third-order valence-corrected chi connectivity index (χ3v) is 2.53. The van der Waals surface area contributed by atoms with Crippen LogP contribution in [0.5, 0.6) is 0 Å². The number of halogens is 1. The number of imide groups is 1. The molecule has 0 aromatic heterocycles. The molecule has 1 aliphatic heterocycles. The van der Waals surface area contributed by atoms with Gasteiger partial charge < -0.3 is 0 Å². The lowest BCUT2D eigenvalue weighted by Crippen LogP contribution is -2.44. The summed E-state index contributed by atoms with van der Waals surface area (Å²) in [6.07, 6.45) is 0. The number of hydrogen-bond donors (Lipinski definition) is 0. The first-order chi connectivity index (χ1) is 5.04.